The standard InChI is InChI=1S/C9H10ClNO2/c10-7-2-1-3-8-9(7)13-6(5-12)4-11-8/h1-3,6,11-12H,4-5H2/t6-/m1/s1. The molecule has 0 unspecified atom stereocenters. The van der Waals surface area contributed by atoms with Gasteiger partial charge in [0.2, 0.25) is 0 Å². The van der Waals surface area contributed by atoms with Gasteiger partial charge in [-0.05, 0) is 12.1 Å². The summed E-state index contributed by atoms with van der Waals surface area (Å²) in [5.41, 5.74) is 0.886. The summed E-state index contributed by atoms with van der Waals surface area (Å²) in [7, 11) is 0. The molecule has 13 heavy (non-hydrogen) atoms. The van der Waals surface area contributed by atoms with Crippen LogP contribution in [0, 0.1) is 0 Å². The Labute approximate surface area is 81.3 Å². The van der Waals surface area contributed by atoms with E-state index in [4.69, 9.17) is 21.4 Å². The van der Waals surface area contributed by atoms with Crippen LogP contribution in [0.5, 0.6) is 5.75 Å². The van der Waals surface area contributed by atoms with Gasteiger partial charge in [0, 0.05) is 0 Å². The number of aliphatic hydroxyl groups excluding tert-OH is 1. The molecule has 0 spiro atoms. The maximum absolute atomic E-state index is 8.90. The molecule has 0 aliphatic carbocycles. The van der Waals surface area contributed by atoms with Crippen molar-refractivity contribution in [1.82, 2.24) is 0 Å². The molecule has 1 aromatic carbocycles. The monoisotopic (exact) mass is 199 g/mol. The molecule has 1 heterocycles. The lowest BCUT2D eigenvalue weighted by atomic mass is 10.2. The van der Waals surface area contributed by atoms with E-state index < -0.39 is 0 Å². The van der Waals surface area contributed by atoms with Crippen molar-refractivity contribution in [3.63, 3.8) is 0 Å². The third-order valence-electron chi connectivity index (χ3n) is 1.98. The highest BCUT2D eigenvalue weighted by molar-refractivity contribution is 6.32. The van der Waals surface area contributed by atoms with Crippen LogP contribution in [-0.4, -0.2) is 24.4 Å². The number of rotatable bonds is 1. The molecule has 0 amide bonds. The first-order valence-corrected chi connectivity index (χ1v) is 4.49. The van der Waals surface area contributed by atoms with Gasteiger partial charge in [-0.3, -0.25) is 0 Å². The summed E-state index contributed by atoms with van der Waals surface area (Å²) in [6.07, 6.45) is -0.201. The van der Waals surface area contributed by atoms with E-state index in [1.807, 2.05) is 12.1 Å². The SMILES string of the molecule is OC[C@H]1CNc2cccc(Cl)c2O1. The van der Waals surface area contributed by atoms with Gasteiger partial charge in [-0.25, -0.2) is 0 Å². The first kappa shape index (κ1) is 8.66. The van der Waals surface area contributed by atoms with Crippen molar-refractivity contribution in [3.05, 3.63) is 23.2 Å². The number of benzene rings is 1. The van der Waals surface area contributed by atoms with Crippen molar-refractivity contribution >= 4 is 17.3 Å². The Kier molecular flexibility index (Phi) is 2.29. The van der Waals surface area contributed by atoms with E-state index in [0.717, 1.165) is 5.69 Å². The number of aliphatic hydroxyl groups is 1. The van der Waals surface area contributed by atoms with Gasteiger partial charge in [0.05, 0.1) is 23.9 Å². The van der Waals surface area contributed by atoms with Gasteiger partial charge in [0.1, 0.15) is 6.10 Å². The van der Waals surface area contributed by atoms with E-state index in [0.29, 0.717) is 17.3 Å². The van der Waals surface area contributed by atoms with Crippen molar-refractivity contribution in [2.45, 2.75) is 6.10 Å². The van der Waals surface area contributed by atoms with Gasteiger partial charge < -0.3 is 15.2 Å². The van der Waals surface area contributed by atoms with Crippen LogP contribution < -0.4 is 10.1 Å². The molecule has 2 rings (SSSR count). The van der Waals surface area contributed by atoms with Crippen LogP contribution in [0.2, 0.25) is 5.02 Å². The normalized spacial score (nSPS) is 20.0. The zero-order valence-electron chi connectivity index (χ0n) is 6.96. The zero-order valence-corrected chi connectivity index (χ0v) is 7.71. The van der Waals surface area contributed by atoms with Crippen LogP contribution in [0.4, 0.5) is 5.69 Å². The van der Waals surface area contributed by atoms with Gasteiger partial charge >= 0.3 is 0 Å². The molecule has 70 valence electrons. The van der Waals surface area contributed by atoms with E-state index in [9.17, 15) is 0 Å². The fourth-order valence-corrected chi connectivity index (χ4v) is 1.52. The maximum Gasteiger partial charge on any atom is 0.161 e. The number of ether oxygens (including phenoxy) is 1. The summed E-state index contributed by atoms with van der Waals surface area (Å²) < 4.78 is 5.47. The summed E-state index contributed by atoms with van der Waals surface area (Å²) in [5, 5.41) is 12.6. The molecule has 0 fully saturated rings. The number of anilines is 1. The second kappa shape index (κ2) is 3.44. The topological polar surface area (TPSA) is 41.5 Å². The maximum atomic E-state index is 8.90. The zero-order chi connectivity index (χ0) is 9.26. The van der Waals surface area contributed by atoms with Gasteiger partial charge in [0.25, 0.3) is 0 Å². The van der Waals surface area contributed by atoms with Crippen molar-refractivity contribution in [1.29, 1.82) is 0 Å². The van der Waals surface area contributed by atoms with E-state index >= 15 is 0 Å². The molecule has 1 aliphatic heterocycles. The van der Waals surface area contributed by atoms with Crippen LogP contribution in [0.25, 0.3) is 0 Å². The number of halogens is 1. The molecule has 0 radical (unpaired) electrons. The highest BCUT2D eigenvalue weighted by Crippen LogP contribution is 2.35. The fourth-order valence-electron chi connectivity index (χ4n) is 1.30. The van der Waals surface area contributed by atoms with Crippen molar-refractivity contribution in [2.75, 3.05) is 18.5 Å². The van der Waals surface area contributed by atoms with Crippen LogP contribution in [0.3, 0.4) is 0 Å². The van der Waals surface area contributed by atoms with Crippen molar-refractivity contribution < 1.29 is 9.84 Å². The average molecular weight is 200 g/mol. The second-order valence-corrected chi connectivity index (χ2v) is 3.33. The Bertz CT molecular complexity index is 316. The van der Waals surface area contributed by atoms with E-state index in [1.54, 1.807) is 6.07 Å². The van der Waals surface area contributed by atoms with E-state index in [-0.39, 0.29) is 12.7 Å². The number of fused-ring (bicyclic) bond motifs is 1. The molecule has 0 bridgehead atoms. The minimum absolute atomic E-state index is 0.00232. The van der Waals surface area contributed by atoms with E-state index in [1.165, 1.54) is 0 Å². The lowest BCUT2D eigenvalue weighted by Gasteiger charge is -2.26. The first-order valence-electron chi connectivity index (χ1n) is 4.11. The summed E-state index contributed by atoms with van der Waals surface area (Å²) in [6, 6.07) is 5.52. The van der Waals surface area contributed by atoms with Gasteiger partial charge in [-0.2, -0.15) is 0 Å². The predicted molar refractivity (Wildman–Crippen MR) is 51.4 cm³/mol. The van der Waals surface area contributed by atoms with Gasteiger partial charge in [-0.1, -0.05) is 17.7 Å². The van der Waals surface area contributed by atoms with Crippen LogP contribution >= 0.6 is 11.6 Å². The Morgan fingerprint density at radius 2 is 2.46 bits per heavy atom. The first-order chi connectivity index (χ1) is 6.31. The lowest BCUT2D eigenvalue weighted by molar-refractivity contribution is 0.120. The number of para-hydroxylation sites is 1. The summed E-state index contributed by atoms with van der Waals surface area (Å²) in [4.78, 5) is 0. The largest absolute Gasteiger partial charge is 0.482 e. The van der Waals surface area contributed by atoms with E-state index in [2.05, 4.69) is 5.32 Å². The fraction of sp³-hybridized carbons (Fsp3) is 0.333. The molecule has 2 N–H and O–H groups in total. The summed E-state index contributed by atoms with van der Waals surface area (Å²) >= 11 is 5.92. The molecule has 1 aromatic rings. The van der Waals surface area contributed by atoms with Crippen LogP contribution in [-0.2, 0) is 0 Å². The van der Waals surface area contributed by atoms with Crippen molar-refractivity contribution in [2.24, 2.45) is 0 Å². The lowest BCUT2D eigenvalue weighted by Crippen LogP contribution is -2.33. The third-order valence-corrected chi connectivity index (χ3v) is 2.27. The highest BCUT2D eigenvalue weighted by atomic mass is 35.5. The molecule has 1 aliphatic rings. The minimum Gasteiger partial charge on any atom is -0.482 e. The number of nitrogens with one attached hydrogen (secondary N) is 1. The molecule has 1 atom stereocenters. The third kappa shape index (κ3) is 1.57. The molecular formula is C9H10ClNO2. The summed E-state index contributed by atoms with van der Waals surface area (Å²) in [6.45, 7) is 0.613. The quantitative estimate of drug-likeness (QED) is 0.721. The molecule has 0 saturated carbocycles. The molecule has 0 saturated heterocycles. The number of hydrogen-bond donors (Lipinski definition) is 2. The molecule has 0 aromatic heterocycles. The second-order valence-electron chi connectivity index (χ2n) is 2.92. The van der Waals surface area contributed by atoms with Crippen LogP contribution in [0.15, 0.2) is 18.2 Å². The Morgan fingerprint density at radius 3 is 3.23 bits per heavy atom. The minimum atomic E-state index is -0.201. The Hall–Kier alpha value is -0.930. The summed E-state index contributed by atoms with van der Waals surface area (Å²) in [5.74, 6) is 0.634. The van der Waals surface area contributed by atoms with Crippen LogP contribution in [0.1, 0.15) is 0 Å². The number of hydrogen-bond acceptors (Lipinski definition) is 3. The molecule has 3 nitrogen and oxygen atoms in total. The smallest absolute Gasteiger partial charge is 0.161 e. The van der Waals surface area contributed by atoms with Gasteiger partial charge in [-0.15, -0.1) is 0 Å². The van der Waals surface area contributed by atoms with Crippen molar-refractivity contribution in [3.8, 4) is 5.75 Å². The highest BCUT2D eigenvalue weighted by Gasteiger charge is 2.19. The average Bonchev–Trinajstić information content (AvgIpc) is 2.18. The predicted octanol–water partition coefficient (Wildman–Crippen LogP) is 1.51. The molecular weight excluding hydrogens is 190 g/mol. The van der Waals surface area contributed by atoms with Gasteiger partial charge in [0.15, 0.2) is 5.75 Å². The molecule has 4 heteroatoms. The Morgan fingerprint density at radius 1 is 1.62 bits per heavy atom. The Balaban J connectivity index is 2.32.